The Labute approximate surface area is 348 Å². The Kier molecular flexibility index (Phi) is 12.3. The third kappa shape index (κ3) is 7.11. The maximum absolute atomic E-state index is 14.8. The van der Waals surface area contributed by atoms with E-state index in [2.05, 4.69) is 48.6 Å². The SMILES string of the molecule is C[C@]12CCSSC[C@]34C[C@@H](CSS[C@@](CO)(Cc5ccccc5)c5ccc(CO)c(c5)C[C@@H]3CN=C(N)N4)CC3=C4C[C@H]1C[C@H](CO)[C@@H](CCCO)[C@@]42CC3=O. The molecule has 6 aliphatic rings. The molecule has 56 heavy (non-hydrogen) atoms. The number of allylic oxidation sites excluding steroid dienone is 2. The monoisotopic (exact) mass is 837 g/mol. The number of nitrogens with one attached hydrogen (secondary N) is 1. The van der Waals surface area contributed by atoms with Crippen LogP contribution in [0.1, 0.15) is 80.5 Å². The minimum Gasteiger partial charge on any atom is -0.396 e. The summed E-state index contributed by atoms with van der Waals surface area (Å²) >= 11 is 0. The van der Waals surface area contributed by atoms with Gasteiger partial charge in [-0.2, -0.15) is 0 Å². The van der Waals surface area contributed by atoms with E-state index in [0.717, 1.165) is 77.2 Å². The van der Waals surface area contributed by atoms with Gasteiger partial charge in [-0.15, -0.1) is 0 Å². The molecule has 0 aromatic heterocycles. The molecule has 12 heteroatoms. The van der Waals surface area contributed by atoms with E-state index in [4.69, 9.17) is 10.7 Å². The van der Waals surface area contributed by atoms with Crippen LogP contribution in [0.2, 0.25) is 0 Å². The summed E-state index contributed by atoms with van der Waals surface area (Å²) in [6, 6.07) is 16.8. The van der Waals surface area contributed by atoms with E-state index in [9.17, 15) is 25.2 Å². The summed E-state index contributed by atoms with van der Waals surface area (Å²) < 4.78 is -0.618. The first-order valence-corrected chi connectivity index (χ1v) is 25.4. The molecule has 8 rings (SSSR count). The zero-order valence-electron chi connectivity index (χ0n) is 32.6. The lowest BCUT2D eigenvalue weighted by Gasteiger charge is -2.57. The van der Waals surface area contributed by atoms with Crippen LogP contribution in [0.5, 0.6) is 0 Å². The molecule has 3 aliphatic carbocycles. The molecule has 2 aromatic rings. The largest absolute Gasteiger partial charge is 0.396 e. The van der Waals surface area contributed by atoms with Gasteiger partial charge in [0.15, 0.2) is 11.7 Å². The van der Waals surface area contributed by atoms with Gasteiger partial charge in [0.2, 0.25) is 0 Å². The van der Waals surface area contributed by atoms with Gasteiger partial charge >= 0.3 is 0 Å². The number of aliphatic hydroxyl groups excluding tert-OH is 4. The van der Waals surface area contributed by atoms with E-state index in [0.29, 0.717) is 56.3 Å². The number of carbonyl (C=O) groups is 1. The van der Waals surface area contributed by atoms with Crippen LogP contribution in [-0.4, -0.2) is 81.3 Å². The third-order valence-electron chi connectivity index (χ3n) is 15.1. The molecular formula is C44H59N3O5S4. The topological polar surface area (TPSA) is 148 Å². The Bertz CT molecular complexity index is 1830. The number of benzene rings is 2. The van der Waals surface area contributed by atoms with Crippen LogP contribution in [0.25, 0.3) is 0 Å². The summed E-state index contributed by atoms with van der Waals surface area (Å²) in [4.78, 5) is 19.6. The van der Waals surface area contributed by atoms with Crippen molar-refractivity contribution in [3.8, 4) is 0 Å². The molecule has 2 aromatic carbocycles. The quantitative estimate of drug-likeness (QED) is 0.158. The fraction of sp³-hybridized carbons (Fsp3) is 0.636. The van der Waals surface area contributed by atoms with Crippen molar-refractivity contribution >= 4 is 54.9 Å². The van der Waals surface area contributed by atoms with Gasteiger partial charge in [0.25, 0.3) is 0 Å². The number of aliphatic imine (C=N–C) groups is 1. The number of fused-ring (bicyclic) bond motifs is 3. The minimum atomic E-state index is -0.618. The molecule has 0 unspecified atom stereocenters. The zero-order valence-corrected chi connectivity index (χ0v) is 35.9. The summed E-state index contributed by atoms with van der Waals surface area (Å²) in [5, 5.41) is 46.7. The number of ketones is 1. The number of nitrogens with two attached hydrogens (primary N) is 1. The van der Waals surface area contributed by atoms with E-state index >= 15 is 0 Å². The van der Waals surface area contributed by atoms with Crippen molar-refractivity contribution in [1.29, 1.82) is 0 Å². The molecule has 9 atom stereocenters. The third-order valence-corrected chi connectivity index (χ3v) is 20.9. The van der Waals surface area contributed by atoms with Crippen molar-refractivity contribution < 1.29 is 25.2 Å². The Balaban J connectivity index is 1.25. The van der Waals surface area contributed by atoms with Crippen LogP contribution < -0.4 is 11.1 Å². The first-order chi connectivity index (χ1) is 27.1. The van der Waals surface area contributed by atoms with Crippen molar-refractivity contribution in [3.05, 3.63) is 81.9 Å². The summed E-state index contributed by atoms with van der Waals surface area (Å²) in [5.41, 5.74) is 12.5. The second kappa shape index (κ2) is 16.8. The van der Waals surface area contributed by atoms with Gasteiger partial charge in [-0.25, -0.2) is 0 Å². The Morgan fingerprint density at radius 3 is 2.61 bits per heavy atom. The number of Topliss-reactive ketones (excluding diaryl/α,β-unsaturated/α-hetero) is 1. The van der Waals surface area contributed by atoms with E-state index in [1.54, 1.807) is 10.8 Å². The predicted octanol–water partition coefficient (Wildman–Crippen LogP) is 6.68. The lowest BCUT2D eigenvalue weighted by molar-refractivity contribution is -0.125. The molecule has 8 nitrogen and oxygen atoms in total. The molecular weight excluding hydrogens is 779 g/mol. The number of nitrogens with zero attached hydrogens (tertiary/aromatic N) is 1. The van der Waals surface area contributed by atoms with Crippen LogP contribution in [-0.2, 0) is 29.0 Å². The van der Waals surface area contributed by atoms with Crippen molar-refractivity contribution in [1.82, 2.24) is 5.32 Å². The van der Waals surface area contributed by atoms with Gasteiger partial charge in [0.05, 0.1) is 23.5 Å². The van der Waals surface area contributed by atoms with Gasteiger partial charge in [-0.3, -0.25) is 9.79 Å². The first kappa shape index (κ1) is 41.1. The van der Waals surface area contributed by atoms with Crippen molar-refractivity contribution in [2.24, 2.45) is 51.1 Å². The van der Waals surface area contributed by atoms with E-state index < -0.39 is 4.75 Å². The maximum atomic E-state index is 14.8. The molecule has 0 amide bonds. The highest BCUT2D eigenvalue weighted by atomic mass is 33.1. The van der Waals surface area contributed by atoms with Crippen LogP contribution in [0.15, 0.2) is 64.7 Å². The molecule has 9 bridgehead atoms. The molecule has 2 spiro atoms. The summed E-state index contributed by atoms with van der Waals surface area (Å²) in [5.74, 6) is 4.37. The van der Waals surface area contributed by atoms with Gasteiger partial charge in [-0.05, 0) is 115 Å². The number of hydrogen-bond acceptors (Lipinski definition) is 12. The molecule has 2 fully saturated rings. The molecule has 304 valence electrons. The molecule has 2 saturated carbocycles. The van der Waals surface area contributed by atoms with Crippen LogP contribution in [0, 0.1) is 40.4 Å². The summed E-state index contributed by atoms with van der Waals surface area (Å²) in [6.07, 6.45) is 7.88. The number of guanidine groups is 1. The number of carbonyl (C=O) groups excluding carboxylic acids is 1. The smallest absolute Gasteiger partial charge is 0.189 e. The van der Waals surface area contributed by atoms with Gasteiger partial charge in [0, 0.05) is 54.8 Å². The highest BCUT2D eigenvalue weighted by Crippen LogP contribution is 2.75. The average molecular weight is 838 g/mol. The fourth-order valence-electron chi connectivity index (χ4n) is 12.3. The Hall–Kier alpha value is -1.64. The fourth-order valence-corrected chi connectivity index (χ4v) is 18.4. The Morgan fingerprint density at radius 2 is 1.84 bits per heavy atom. The lowest BCUT2D eigenvalue weighted by atomic mass is 9.47. The van der Waals surface area contributed by atoms with Crippen LogP contribution >= 0.6 is 43.2 Å². The molecule has 3 aliphatic heterocycles. The van der Waals surface area contributed by atoms with Crippen molar-refractivity contribution in [2.75, 3.05) is 43.6 Å². The van der Waals surface area contributed by atoms with E-state index in [-0.39, 0.29) is 66.5 Å². The summed E-state index contributed by atoms with van der Waals surface area (Å²) in [7, 11) is 7.45. The highest BCUT2D eigenvalue weighted by molar-refractivity contribution is 8.77. The van der Waals surface area contributed by atoms with Crippen LogP contribution in [0.4, 0.5) is 0 Å². The van der Waals surface area contributed by atoms with Gasteiger partial charge in [0.1, 0.15) is 0 Å². The maximum Gasteiger partial charge on any atom is 0.189 e. The molecule has 3 heterocycles. The second-order valence-corrected chi connectivity index (χ2v) is 23.1. The van der Waals surface area contributed by atoms with Gasteiger partial charge in [-0.1, -0.05) is 104 Å². The van der Waals surface area contributed by atoms with Crippen LogP contribution in [0.3, 0.4) is 0 Å². The zero-order chi connectivity index (χ0) is 39.1. The molecule has 0 saturated heterocycles. The van der Waals surface area contributed by atoms with E-state index in [1.165, 1.54) is 5.57 Å². The highest BCUT2D eigenvalue weighted by Gasteiger charge is 2.69. The van der Waals surface area contributed by atoms with Crippen molar-refractivity contribution in [3.63, 3.8) is 0 Å². The lowest BCUT2D eigenvalue weighted by Crippen LogP contribution is -2.62. The number of rotatable bonds is 8. The Morgan fingerprint density at radius 1 is 1.00 bits per heavy atom. The standard InChI is InChI=1S/C44H59N3O5S4/c1-41-11-13-53-55-27-42-19-29(14-36-38-18-34(41)17-32(24-50)37(8-5-12-48)44(38,41)21-39(36)52)25-54-56-43(26-51,20-28-6-3-2-4-7-28)33-10-9-30(23-49)31(15-33)16-35(42)22-46-40(45)47-42/h2-4,6-7,9-10,15,29,32,34-35,37,48-51H,5,8,11-14,16-27H2,1H3,(H3,45,46,47)/t29-,32+,34+,35+,37+,41-,42+,43+,44-/m0/s1. The average Bonchev–Trinajstić information content (AvgIpc) is 3.53. The molecule has 0 radical (unpaired) electrons. The number of aliphatic hydroxyl groups is 4. The normalized spacial score (nSPS) is 37.2. The van der Waals surface area contributed by atoms with E-state index in [1.807, 2.05) is 44.5 Å². The van der Waals surface area contributed by atoms with Crippen molar-refractivity contribution in [2.45, 2.75) is 88.0 Å². The minimum absolute atomic E-state index is 0.0384. The molecule has 7 N–H and O–H groups in total. The number of hydrogen-bond donors (Lipinski definition) is 6. The second-order valence-electron chi connectivity index (χ2n) is 17.8. The van der Waals surface area contributed by atoms with Gasteiger partial charge < -0.3 is 31.5 Å². The summed E-state index contributed by atoms with van der Waals surface area (Å²) in [6.45, 7) is 3.20. The first-order valence-electron chi connectivity index (χ1n) is 20.6. The predicted molar refractivity (Wildman–Crippen MR) is 233 cm³/mol.